The van der Waals surface area contributed by atoms with Gasteiger partial charge >= 0.3 is 6.03 Å². The number of nitro benzene ring substituents is 1. The molecule has 8 nitrogen and oxygen atoms in total. The molecule has 4 atom stereocenters. The lowest BCUT2D eigenvalue weighted by atomic mass is 9.55. The number of benzene rings is 1. The van der Waals surface area contributed by atoms with E-state index in [2.05, 4.69) is 17.6 Å². The van der Waals surface area contributed by atoms with Gasteiger partial charge in [-0.25, -0.2) is 4.79 Å². The number of rotatable bonds is 3. The maximum absolute atomic E-state index is 13.1. The minimum absolute atomic E-state index is 0.0807. The Morgan fingerprint density at radius 1 is 1.09 bits per heavy atom. The molecule has 1 aliphatic heterocycles. The topological polar surface area (TPSA) is 105 Å². The quantitative estimate of drug-likeness (QED) is 0.551. The standard InChI is InChI=1S/C24H32N4O4/c1-15(29)27-7-5-18(6-8-27)25-22(30)26-24-12-16-10-23(2,14-24)11-17(13-24)21-9-19(28(31)32)3-4-20(16)21/h3-4,9,16-18H,5-8,10-14H2,1-2H3,(H2,25,26,30). The molecule has 6 rings (SSSR count). The fourth-order valence-corrected chi connectivity index (χ4v) is 7.34. The van der Waals surface area contributed by atoms with Crippen LogP contribution in [-0.4, -0.2) is 46.4 Å². The second-order valence-electron chi connectivity index (χ2n) is 10.9. The third-order valence-electron chi connectivity index (χ3n) is 8.33. The Morgan fingerprint density at radius 3 is 2.38 bits per heavy atom. The Bertz CT molecular complexity index is 973. The molecule has 5 aliphatic rings. The van der Waals surface area contributed by atoms with Crippen LogP contribution < -0.4 is 10.6 Å². The van der Waals surface area contributed by atoms with E-state index in [4.69, 9.17) is 0 Å². The highest BCUT2D eigenvalue weighted by molar-refractivity contribution is 5.76. The monoisotopic (exact) mass is 440 g/mol. The summed E-state index contributed by atoms with van der Waals surface area (Å²) in [6.45, 7) is 5.27. The Labute approximate surface area is 188 Å². The van der Waals surface area contributed by atoms with Gasteiger partial charge in [0.05, 0.1) is 4.92 Å². The fraction of sp³-hybridized carbons (Fsp3) is 0.667. The highest BCUT2D eigenvalue weighted by Crippen LogP contribution is 2.63. The largest absolute Gasteiger partial charge is 0.343 e. The fourth-order valence-electron chi connectivity index (χ4n) is 7.34. The van der Waals surface area contributed by atoms with E-state index in [9.17, 15) is 19.7 Å². The highest BCUT2D eigenvalue weighted by Gasteiger charge is 2.55. The van der Waals surface area contributed by atoms with E-state index in [1.165, 1.54) is 5.56 Å². The molecule has 8 heteroatoms. The van der Waals surface area contributed by atoms with Crippen LogP contribution in [0.4, 0.5) is 10.5 Å². The maximum atomic E-state index is 13.1. The summed E-state index contributed by atoms with van der Waals surface area (Å²) < 4.78 is 0. The van der Waals surface area contributed by atoms with Crippen molar-refractivity contribution in [2.45, 2.75) is 82.2 Å². The van der Waals surface area contributed by atoms with Gasteiger partial charge in [-0.2, -0.15) is 0 Å². The molecular formula is C24H32N4O4. The van der Waals surface area contributed by atoms with E-state index in [0.29, 0.717) is 19.0 Å². The van der Waals surface area contributed by atoms with Crippen LogP contribution in [0.5, 0.6) is 0 Å². The van der Waals surface area contributed by atoms with Gasteiger partial charge in [-0.3, -0.25) is 14.9 Å². The number of non-ortho nitro benzene ring substituents is 1. The Hall–Kier alpha value is -2.64. The maximum Gasteiger partial charge on any atom is 0.315 e. The van der Waals surface area contributed by atoms with E-state index in [0.717, 1.165) is 50.5 Å². The molecule has 3 amide bonds. The molecule has 3 fully saturated rings. The summed E-state index contributed by atoms with van der Waals surface area (Å²) in [4.78, 5) is 37.5. The zero-order valence-electron chi connectivity index (χ0n) is 18.9. The lowest BCUT2D eigenvalue weighted by molar-refractivity contribution is -0.385. The van der Waals surface area contributed by atoms with E-state index in [1.807, 2.05) is 11.0 Å². The number of carbonyl (C=O) groups is 2. The number of amides is 3. The van der Waals surface area contributed by atoms with Crippen molar-refractivity contribution in [1.29, 1.82) is 0 Å². The van der Waals surface area contributed by atoms with Crippen molar-refractivity contribution in [2.24, 2.45) is 5.41 Å². The first-order valence-corrected chi connectivity index (χ1v) is 11.8. The van der Waals surface area contributed by atoms with Gasteiger partial charge < -0.3 is 15.5 Å². The predicted octanol–water partition coefficient (Wildman–Crippen LogP) is 3.81. The molecule has 172 valence electrons. The summed E-state index contributed by atoms with van der Waals surface area (Å²) in [5.74, 6) is 0.636. The number of nitro groups is 1. The zero-order valence-corrected chi connectivity index (χ0v) is 18.9. The summed E-state index contributed by atoms with van der Waals surface area (Å²) in [6.07, 6.45) is 6.33. The molecule has 32 heavy (non-hydrogen) atoms. The molecule has 4 bridgehead atoms. The third-order valence-corrected chi connectivity index (χ3v) is 8.33. The van der Waals surface area contributed by atoms with Gasteiger partial charge in [0, 0.05) is 43.7 Å². The van der Waals surface area contributed by atoms with Crippen LogP contribution in [0.1, 0.15) is 81.8 Å². The Morgan fingerprint density at radius 2 is 1.75 bits per heavy atom. The van der Waals surface area contributed by atoms with Crippen molar-refractivity contribution >= 4 is 17.6 Å². The molecule has 1 heterocycles. The molecule has 1 saturated heterocycles. The summed E-state index contributed by atoms with van der Waals surface area (Å²) in [5, 5.41) is 17.9. The van der Waals surface area contributed by atoms with Crippen LogP contribution in [0.2, 0.25) is 0 Å². The van der Waals surface area contributed by atoms with E-state index < -0.39 is 0 Å². The van der Waals surface area contributed by atoms with Crippen molar-refractivity contribution < 1.29 is 14.5 Å². The molecule has 0 spiro atoms. The highest BCUT2D eigenvalue weighted by atomic mass is 16.6. The van der Waals surface area contributed by atoms with Crippen molar-refractivity contribution in [3.63, 3.8) is 0 Å². The van der Waals surface area contributed by atoms with Crippen molar-refractivity contribution in [1.82, 2.24) is 15.5 Å². The predicted molar refractivity (Wildman–Crippen MR) is 119 cm³/mol. The van der Waals surface area contributed by atoms with Crippen molar-refractivity contribution in [2.75, 3.05) is 13.1 Å². The first-order valence-electron chi connectivity index (χ1n) is 11.8. The van der Waals surface area contributed by atoms with Crippen LogP contribution in [0.15, 0.2) is 18.2 Å². The van der Waals surface area contributed by atoms with E-state index in [-0.39, 0.29) is 45.5 Å². The molecular weight excluding hydrogens is 408 g/mol. The second kappa shape index (κ2) is 7.46. The van der Waals surface area contributed by atoms with Gasteiger partial charge in [-0.1, -0.05) is 13.0 Å². The molecule has 4 unspecified atom stereocenters. The third kappa shape index (κ3) is 3.73. The summed E-state index contributed by atoms with van der Waals surface area (Å²) in [7, 11) is 0. The summed E-state index contributed by atoms with van der Waals surface area (Å²) in [6, 6.07) is 5.33. The molecule has 4 aliphatic carbocycles. The zero-order chi connectivity index (χ0) is 22.7. The lowest BCUT2D eigenvalue weighted by Crippen LogP contribution is -2.60. The Kier molecular flexibility index (Phi) is 4.94. The molecule has 1 aromatic rings. The van der Waals surface area contributed by atoms with Gasteiger partial charge in [0.25, 0.3) is 5.69 Å². The number of carbonyl (C=O) groups excluding carboxylic acids is 2. The van der Waals surface area contributed by atoms with E-state index in [1.54, 1.807) is 19.1 Å². The van der Waals surface area contributed by atoms with Gasteiger partial charge in [-0.15, -0.1) is 0 Å². The summed E-state index contributed by atoms with van der Waals surface area (Å²) in [5.41, 5.74) is 2.36. The number of hydrogen-bond acceptors (Lipinski definition) is 4. The minimum atomic E-state index is -0.309. The Balaban J connectivity index is 1.33. The average molecular weight is 441 g/mol. The summed E-state index contributed by atoms with van der Waals surface area (Å²) >= 11 is 0. The SMILES string of the molecule is CC(=O)N1CCC(NC(=O)NC23CC4CC(C)(CC(C2)c2cc([N+](=O)[O-])ccc24)C3)CC1. The normalized spacial score (nSPS) is 33.4. The van der Waals surface area contributed by atoms with Crippen LogP contribution in [0.3, 0.4) is 0 Å². The first-order chi connectivity index (χ1) is 15.2. The molecule has 2 saturated carbocycles. The molecule has 0 radical (unpaired) electrons. The second-order valence-corrected chi connectivity index (χ2v) is 10.9. The number of likely N-dealkylation sites (tertiary alicyclic amines) is 1. The van der Waals surface area contributed by atoms with Crippen LogP contribution in [-0.2, 0) is 4.79 Å². The number of piperidine rings is 1. The smallest absolute Gasteiger partial charge is 0.315 e. The lowest BCUT2D eigenvalue weighted by Gasteiger charge is -2.54. The number of nitrogens with one attached hydrogen (secondary N) is 2. The van der Waals surface area contributed by atoms with Gasteiger partial charge in [0.2, 0.25) is 5.91 Å². The first kappa shape index (κ1) is 21.2. The minimum Gasteiger partial charge on any atom is -0.343 e. The molecule has 0 aromatic heterocycles. The molecule has 2 N–H and O–H groups in total. The van der Waals surface area contributed by atoms with Gasteiger partial charge in [0.15, 0.2) is 0 Å². The number of nitrogens with zero attached hydrogens (tertiary/aromatic N) is 2. The number of hydrogen-bond donors (Lipinski definition) is 2. The van der Waals surface area contributed by atoms with Crippen LogP contribution >= 0.6 is 0 Å². The van der Waals surface area contributed by atoms with Crippen LogP contribution in [0, 0.1) is 15.5 Å². The van der Waals surface area contributed by atoms with E-state index >= 15 is 0 Å². The number of urea groups is 1. The van der Waals surface area contributed by atoms with Crippen LogP contribution in [0.25, 0.3) is 0 Å². The van der Waals surface area contributed by atoms with Crippen molar-refractivity contribution in [3.8, 4) is 0 Å². The van der Waals surface area contributed by atoms with Gasteiger partial charge in [0.1, 0.15) is 0 Å². The molecule has 1 aromatic carbocycles. The average Bonchev–Trinajstić information content (AvgIpc) is 2.85. The van der Waals surface area contributed by atoms with Crippen molar-refractivity contribution in [3.05, 3.63) is 39.4 Å². The van der Waals surface area contributed by atoms with Gasteiger partial charge in [-0.05, 0) is 73.3 Å².